The van der Waals surface area contributed by atoms with Gasteiger partial charge in [-0.25, -0.2) is 0 Å². The van der Waals surface area contributed by atoms with Crippen molar-refractivity contribution in [3.63, 3.8) is 0 Å². The molecule has 2 aromatic rings. The van der Waals surface area contributed by atoms with Crippen LogP contribution in [-0.2, 0) is 17.8 Å². The zero-order valence-corrected chi connectivity index (χ0v) is 17.4. The first-order valence-electron chi connectivity index (χ1n) is 9.64. The molecule has 3 rings (SSSR count). The van der Waals surface area contributed by atoms with Crippen LogP contribution < -0.4 is 15.8 Å². The molecule has 2 heterocycles. The first-order chi connectivity index (χ1) is 13.9. The summed E-state index contributed by atoms with van der Waals surface area (Å²) in [7, 11) is 0. The van der Waals surface area contributed by atoms with E-state index in [2.05, 4.69) is 12.2 Å². The van der Waals surface area contributed by atoms with Gasteiger partial charge in [-0.15, -0.1) is 11.3 Å². The summed E-state index contributed by atoms with van der Waals surface area (Å²) in [4.78, 5) is 39.0. The second kappa shape index (κ2) is 9.09. The molecule has 1 aromatic heterocycles. The molecule has 0 aliphatic carbocycles. The molecule has 1 aliphatic rings. The van der Waals surface area contributed by atoms with Gasteiger partial charge in [-0.05, 0) is 42.7 Å². The predicted molar refractivity (Wildman–Crippen MR) is 112 cm³/mol. The Morgan fingerprint density at radius 2 is 1.97 bits per heavy atom. The number of nitrogens with one attached hydrogen (secondary N) is 1. The average molecular weight is 416 g/mol. The van der Waals surface area contributed by atoms with E-state index in [-0.39, 0.29) is 11.8 Å². The van der Waals surface area contributed by atoms with Gasteiger partial charge in [-0.1, -0.05) is 13.3 Å². The number of nitrogens with two attached hydrogens (primary N) is 1. The van der Waals surface area contributed by atoms with Crippen LogP contribution in [-0.4, -0.2) is 35.8 Å². The van der Waals surface area contributed by atoms with Crippen molar-refractivity contribution in [2.24, 2.45) is 5.73 Å². The molecule has 29 heavy (non-hydrogen) atoms. The van der Waals surface area contributed by atoms with Crippen molar-refractivity contribution in [1.82, 2.24) is 4.90 Å². The van der Waals surface area contributed by atoms with Crippen molar-refractivity contribution in [3.05, 3.63) is 45.8 Å². The number of anilines is 1. The third-order valence-corrected chi connectivity index (χ3v) is 5.99. The van der Waals surface area contributed by atoms with Gasteiger partial charge in [0, 0.05) is 23.9 Å². The van der Waals surface area contributed by atoms with E-state index < -0.39 is 5.91 Å². The van der Waals surface area contributed by atoms with Crippen molar-refractivity contribution >= 4 is 34.1 Å². The lowest BCUT2D eigenvalue weighted by molar-refractivity contribution is -0.129. The lowest BCUT2D eigenvalue weighted by Gasteiger charge is -2.25. The average Bonchev–Trinajstić information content (AvgIpc) is 3.05. The molecule has 0 radical (unpaired) electrons. The zero-order valence-electron chi connectivity index (χ0n) is 16.6. The number of unbranched alkanes of at least 4 members (excludes halogenated alkanes) is 1. The molecular weight excluding hydrogens is 390 g/mol. The number of rotatable bonds is 7. The molecule has 8 heteroatoms. The molecule has 3 amide bonds. The number of nitrogens with zero attached hydrogens (tertiary/aromatic N) is 1. The maximum absolute atomic E-state index is 12.7. The molecule has 0 saturated heterocycles. The lowest BCUT2D eigenvalue weighted by Crippen LogP contribution is -2.34. The van der Waals surface area contributed by atoms with Gasteiger partial charge in [-0.2, -0.15) is 0 Å². The molecule has 0 atom stereocenters. The number of primary amides is 1. The summed E-state index contributed by atoms with van der Waals surface area (Å²) in [6.07, 6.45) is 2.57. The fourth-order valence-electron chi connectivity index (χ4n) is 3.23. The van der Waals surface area contributed by atoms with Crippen molar-refractivity contribution in [3.8, 4) is 5.75 Å². The van der Waals surface area contributed by atoms with E-state index in [4.69, 9.17) is 10.5 Å². The van der Waals surface area contributed by atoms with Crippen LogP contribution in [0.15, 0.2) is 24.3 Å². The van der Waals surface area contributed by atoms with Crippen LogP contribution in [0.1, 0.15) is 57.8 Å². The topological polar surface area (TPSA) is 102 Å². The molecule has 154 valence electrons. The van der Waals surface area contributed by atoms with Gasteiger partial charge >= 0.3 is 0 Å². The normalized spacial score (nSPS) is 13.0. The van der Waals surface area contributed by atoms with Crippen molar-refractivity contribution in [2.75, 3.05) is 18.5 Å². The van der Waals surface area contributed by atoms with E-state index in [1.165, 1.54) is 18.3 Å². The fraction of sp³-hybridized carbons (Fsp3) is 0.381. The predicted octanol–water partition coefficient (Wildman–Crippen LogP) is 3.18. The Labute approximate surface area is 173 Å². The van der Waals surface area contributed by atoms with E-state index in [0.29, 0.717) is 48.0 Å². The molecule has 0 unspecified atom stereocenters. The lowest BCUT2D eigenvalue weighted by atomic mass is 10.0. The number of thiophene rings is 1. The SMILES string of the molecule is CCCCOc1ccc(C(=O)Nc2sc3c(c2C(N)=O)CCN(C(C)=O)C3)cc1. The first-order valence-corrected chi connectivity index (χ1v) is 10.5. The summed E-state index contributed by atoms with van der Waals surface area (Å²) in [5.74, 6) is -0.205. The molecule has 0 spiro atoms. The molecule has 0 saturated carbocycles. The second-order valence-corrected chi connectivity index (χ2v) is 8.05. The van der Waals surface area contributed by atoms with E-state index in [9.17, 15) is 14.4 Å². The van der Waals surface area contributed by atoms with Crippen molar-refractivity contribution < 1.29 is 19.1 Å². The minimum absolute atomic E-state index is 0.0171. The highest BCUT2D eigenvalue weighted by molar-refractivity contribution is 7.17. The molecule has 7 nitrogen and oxygen atoms in total. The van der Waals surface area contributed by atoms with Gasteiger partial charge in [0.15, 0.2) is 0 Å². The smallest absolute Gasteiger partial charge is 0.256 e. The van der Waals surface area contributed by atoms with Gasteiger partial charge in [-0.3, -0.25) is 14.4 Å². The maximum Gasteiger partial charge on any atom is 0.256 e. The highest BCUT2D eigenvalue weighted by Crippen LogP contribution is 2.37. The monoisotopic (exact) mass is 415 g/mol. The standard InChI is InChI=1S/C21H25N3O4S/c1-3-4-11-28-15-7-5-14(6-8-15)20(27)23-21-18(19(22)26)16-9-10-24(13(2)25)12-17(16)29-21/h5-8H,3-4,9-12H2,1-2H3,(H2,22,26)(H,23,27). The number of benzene rings is 1. The Morgan fingerprint density at radius 1 is 1.24 bits per heavy atom. The Hall–Kier alpha value is -2.87. The Kier molecular flexibility index (Phi) is 6.53. The summed E-state index contributed by atoms with van der Waals surface area (Å²) in [6.45, 7) is 5.21. The Morgan fingerprint density at radius 3 is 2.59 bits per heavy atom. The fourth-order valence-corrected chi connectivity index (χ4v) is 4.50. The van der Waals surface area contributed by atoms with Gasteiger partial charge in [0.1, 0.15) is 10.8 Å². The number of carbonyl (C=O) groups excluding carboxylic acids is 3. The summed E-state index contributed by atoms with van der Waals surface area (Å²) in [5.41, 5.74) is 7.22. The van der Waals surface area contributed by atoms with E-state index in [0.717, 1.165) is 23.3 Å². The number of carbonyl (C=O) groups is 3. The molecule has 3 N–H and O–H groups in total. The molecular formula is C21H25N3O4S. The summed E-state index contributed by atoms with van der Waals surface area (Å²) in [6, 6.07) is 6.88. The zero-order chi connectivity index (χ0) is 21.0. The number of amides is 3. The molecule has 0 bridgehead atoms. The van der Waals surface area contributed by atoms with Crippen molar-refractivity contribution in [1.29, 1.82) is 0 Å². The summed E-state index contributed by atoms with van der Waals surface area (Å²) >= 11 is 1.30. The van der Waals surface area contributed by atoms with Crippen LogP contribution in [0.25, 0.3) is 0 Å². The van der Waals surface area contributed by atoms with Crippen LogP contribution in [0.3, 0.4) is 0 Å². The Balaban J connectivity index is 1.76. The largest absolute Gasteiger partial charge is 0.494 e. The van der Waals surface area contributed by atoms with Crippen LogP contribution in [0.4, 0.5) is 5.00 Å². The van der Waals surface area contributed by atoms with Crippen molar-refractivity contribution in [2.45, 2.75) is 39.7 Å². The Bertz CT molecular complexity index is 921. The minimum Gasteiger partial charge on any atom is -0.494 e. The number of ether oxygens (including phenoxy) is 1. The molecule has 1 aromatic carbocycles. The quantitative estimate of drug-likeness (QED) is 0.678. The van der Waals surface area contributed by atoms with E-state index >= 15 is 0 Å². The van der Waals surface area contributed by atoms with Gasteiger partial charge in [0.25, 0.3) is 11.8 Å². The number of hydrogen-bond acceptors (Lipinski definition) is 5. The van der Waals surface area contributed by atoms with E-state index in [1.54, 1.807) is 29.2 Å². The van der Waals surface area contributed by atoms with Gasteiger partial charge in [0.2, 0.25) is 5.91 Å². The van der Waals surface area contributed by atoms with Gasteiger partial charge < -0.3 is 20.7 Å². The number of fused-ring (bicyclic) bond motifs is 1. The maximum atomic E-state index is 12.7. The van der Waals surface area contributed by atoms with Crippen LogP contribution in [0.2, 0.25) is 0 Å². The second-order valence-electron chi connectivity index (χ2n) is 6.94. The highest BCUT2D eigenvalue weighted by atomic mass is 32.1. The van der Waals surface area contributed by atoms with Crippen LogP contribution in [0.5, 0.6) is 5.75 Å². The molecule has 0 fully saturated rings. The highest BCUT2D eigenvalue weighted by Gasteiger charge is 2.28. The summed E-state index contributed by atoms with van der Waals surface area (Å²) in [5, 5.41) is 3.25. The van der Waals surface area contributed by atoms with Crippen LogP contribution >= 0.6 is 11.3 Å². The molecule has 1 aliphatic heterocycles. The third-order valence-electron chi connectivity index (χ3n) is 4.86. The third kappa shape index (κ3) is 4.76. The number of hydrogen-bond donors (Lipinski definition) is 2. The minimum atomic E-state index is -0.575. The van der Waals surface area contributed by atoms with Gasteiger partial charge in [0.05, 0.1) is 18.7 Å². The van der Waals surface area contributed by atoms with Crippen LogP contribution in [0, 0.1) is 0 Å². The first kappa shape index (κ1) is 20.9. The van der Waals surface area contributed by atoms with E-state index in [1.807, 2.05) is 0 Å². The summed E-state index contributed by atoms with van der Waals surface area (Å²) < 4.78 is 5.61.